The monoisotopic (exact) mass is 442 g/mol. The number of aliphatic imine (C=N–C) groups is 1. The van der Waals surface area contributed by atoms with Gasteiger partial charge in [-0.05, 0) is 50.0 Å². The van der Waals surface area contributed by atoms with E-state index in [4.69, 9.17) is 14.5 Å². The number of nitrogens with zero attached hydrogens (tertiary/aromatic N) is 4. The summed E-state index contributed by atoms with van der Waals surface area (Å²) in [6, 6.07) is 6.28. The van der Waals surface area contributed by atoms with E-state index in [-0.39, 0.29) is 5.41 Å². The second-order valence-corrected chi connectivity index (χ2v) is 9.93. The van der Waals surface area contributed by atoms with Crippen LogP contribution in [0.3, 0.4) is 0 Å². The summed E-state index contributed by atoms with van der Waals surface area (Å²) in [5.74, 6) is 2.77. The Labute approximate surface area is 195 Å². The molecule has 1 aromatic heterocycles. The molecule has 0 radical (unpaired) electrons. The summed E-state index contributed by atoms with van der Waals surface area (Å²) in [5, 5.41) is 0. The average molecular weight is 443 g/mol. The molecule has 0 spiro atoms. The number of anilines is 1. The second kappa shape index (κ2) is 7.72. The largest absolute Gasteiger partial charge is 0.486 e. The van der Waals surface area contributed by atoms with E-state index in [2.05, 4.69) is 53.8 Å². The minimum absolute atomic E-state index is 0.106. The lowest BCUT2D eigenvalue weighted by Gasteiger charge is -2.40. The number of rotatable bonds is 3. The van der Waals surface area contributed by atoms with Crippen molar-refractivity contribution in [1.29, 1.82) is 0 Å². The van der Waals surface area contributed by atoms with Gasteiger partial charge in [0.2, 0.25) is 0 Å². The highest BCUT2D eigenvalue weighted by molar-refractivity contribution is 6.03. The smallest absolute Gasteiger partial charge is 0.161 e. The van der Waals surface area contributed by atoms with Crippen LogP contribution < -0.4 is 14.4 Å². The summed E-state index contributed by atoms with van der Waals surface area (Å²) in [6.45, 7) is 9.90. The number of hydrogen-bond acceptors (Lipinski definition) is 6. The van der Waals surface area contributed by atoms with Crippen LogP contribution in [0.5, 0.6) is 11.5 Å². The molecular weight excluding hydrogens is 412 g/mol. The Balaban J connectivity index is 1.17. The molecule has 4 aliphatic rings. The summed E-state index contributed by atoms with van der Waals surface area (Å²) < 4.78 is 11.5. The standard InChI is InChI=1S/C27H30N4O2/c1-17-12-21-22(13-17)28-16-29-26(21)31-8-6-27(3,7-9-31)25-15-20(18(2)30-25)19-4-5-23-24(14-19)33-11-10-32-23/h4-5,12,14,16H,6-11,13,15H2,1-3H3. The second-order valence-electron chi connectivity index (χ2n) is 9.93. The van der Waals surface area contributed by atoms with Gasteiger partial charge in [0.25, 0.3) is 0 Å². The van der Waals surface area contributed by atoms with Crippen LogP contribution in [-0.4, -0.2) is 42.0 Å². The van der Waals surface area contributed by atoms with E-state index in [9.17, 15) is 0 Å². The fourth-order valence-corrected chi connectivity index (χ4v) is 5.52. The SMILES string of the molecule is CC1=Cc2c(ncnc2N2CCC(C)(C3=NC(C)=C(c4ccc5c(c4)OCCO5)C3)CC2)C1. The van der Waals surface area contributed by atoms with Gasteiger partial charge in [-0.2, -0.15) is 0 Å². The predicted molar refractivity (Wildman–Crippen MR) is 131 cm³/mol. The van der Waals surface area contributed by atoms with Crippen LogP contribution in [0.4, 0.5) is 5.82 Å². The molecule has 6 rings (SSSR count). The van der Waals surface area contributed by atoms with Gasteiger partial charge in [-0.15, -0.1) is 0 Å². The van der Waals surface area contributed by atoms with Crippen molar-refractivity contribution < 1.29 is 9.47 Å². The number of fused-ring (bicyclic) bond motifs is 2. The predicted octanol–water partition coefficient (Wildman–Crippen LogP) is 5.09. The molecule has 0 bridgehead atoms. The molecule has 6 heteroatoms. The average Bonchev–Trinajstić information content (AvgIpc) is 3.41. The summed E-state index contributed by atoms with van der Waals surface area (Å²) in [5.41, 5.74) is 8.78. The van der Waals surface area contributed by atoms with Gasteiger partial charge in [0.05, 0.1) is 5.69 Å². The van der Waals surface area contributed by atoms with Gasteiger partial charge in [-0.3, -0.25) is 4.99 Å². The highest BCUT2D eigenvalue weighted by Crippen LogP contribution is 2.43. The molecule has 6 nitrogen and oxygen atoms in total. The molecule has 2 aromatic rings. The Kier molecular flexibility index (Phi) is 4.78. The fourth-order valence-electron chi connectivity index (χ4n) is 5.52. The summed E-state index contributed by atoms with van der Waals surface area (Å²) in [4.78, 5) is 16.7. The van der Waals surface area contributed by atoms with E-state index in [1.54, 1.807) is 6.33 Å². The first-order valence-electron chi connectivity index (χ1n) is 11.9. The molecule has 1 aromatic carbocycles. The molecule has 0 unspecified atom stereocenters. The number of ether oxygens (including phenoxy) is 2. The first-order chi connectivity index (χ1) is 16.0. The van der Waals surface area contributed by atoms with Gasteiger partial charge in [0, 0.05) is 48.3 Å². The zero-order valence-corrected chi connectivity index (χ0v) is 19.6. The Hall–Kier alpha value is -3.15. The van der Waals surface area contributed by atoms with Gasteiger partial charge in [-0.1, -0.05) is 24.6 Å². The number of piperidine rings is 1. The van der Waals surface area contributed by atoms with Crippen LogP contribution in [0.2, 0.25) is 0 Å². The third-order valence-corrected chi connectivity index (χ3v) is 7.62. The van der Waals surface area contributed by atoms with Crippen LogP contribution in [0.1, 0.15) is 56.9 Å². The minimum Gasteiger partial charge on any atom is -0.486 e. The molecular formula is C27H30N4O2. The molecule has 1 saturated heterocycles. The van der Waals surface area contributed by atoms with Crippen LogP contribution in [-0.2, 0) is 6.42 Å². The molecule has 170 valence electrons. The molecule has 33 heavy (non-hydrogen) atoms. The van der Waals surface area contributed by atoms with Gasteiger partial charge < -0.3 is 14.4 Å². The van der Waals surface area contributed by atoms with Crippen molar-refractivity contribution in [3.8, 4) is 11.5 Å². The van der Waals surface area contributed by atoms with E-state index in [0.717, 1.165) is 67.5 Å². The van der Waals surface area contributed by atoms with Gasteiger partial charge in [0.1, 0.15) is 25.4 Å². The molecule has 0 N–H and O–H groups in total. The van der Waals surface area contributed by atoms with E-state index < -0.39 is 0 Å². The molecule has 0 saturated carbocycles. The van der Waals surface area contributed by atoms with E-state index >= 15 is 0 Å². The van der Waals surface area contributed by atoms with Crippen molar-refractivity contribution in [1.82, 2.24) is 9.97 Å². The first-order valence-corrected chi connectivity index (χ1v) is 11.9. The number of benzene rings is 1. The van der Waals surface area contributed by atoms with E-state index in [1.807, 2.05) is 6.07 Å². The van der Waals surface area contributed by atoms with Crippen LogP contribution in [0.25, 0.3) is 11.6 Å². The van der Waals surface area contributed by atoms with E-state index in [1.165, 1.54) is 28.0 Å². The summed E-state index contributed by atoms with van der Waals surface area (Å²) >= 11 is 0. The highest BCUT2D eigenvalue weighted by atomic mass is 16.6. The molecule has 3 aliphatic heterocycles. The Morgan fingerprint density at radius 3 is 2.58 bits per heavy atom. The van der Waals surface area contributed by atoms with Crippen LogP contribution in [0.15, 0.2) is 40.8 Å². The first kappa shape index (κ1) is 20.5. The quantitative estimate of drug-likeness (QED) is 0.663. The zero-order chi connectivity index (χ0) is 22.6. The van der Waals surface area contributed by atoms with Gasteiger partial charge in [0.15, 0.2) is 11.5 Å². The lowest BCUT2D eigenvalue weighted by Crippen LogP contribution is -2.43. The number of aromatic nitrogens is 2. The van der Waals surface area contributed by atoms with Crippen molar-refractivity contribution in [3.05, 3.63) is 52.6 Å². The Bertz CT molecular complexity index is 1220. The molecule has 0 atom stereocenters. The normalized spacial score (nSPS) is 21.1. The zero-order valence-electron chi connectivity index (χ0n) is 19.6. The topological polar surface area (TPSA) is 59.8 Å². The Morgan fingerprint density at radius 2 is 1.76 bits per heavy atom. The molecule has 4 heterocycles. The van der Waals surface area contributed by atoms with Crippen molar-refractivity contribution in [3.63, 3.8) is 0 Å². The lowest BCUT2D eigenvalue weighted by molar-refractivity contribution is 0.171. The van der Waals surface area contributed by atoms with Crippen LogP contribution >= 0.6 is 0 Å². The number of hydrogen-bond donors (Lipinski definition) is 0. The summed E-state index contributed by atoms with van der Waals surface area (Å²) in [7, 11) is 0. The maximum Gasteiger partial charge on any atom is 0.161 e. The van der Waals surface area contributed by atoms with Crippen molar-refractivity contribution in [2.75, 3.05) is 31.2 Å². The van der Waals surface area contributed by atoms with Gasteiger partial charge >= 0.3 is 0 Å². The van der Waals surface area contributed by atoms with Crippen molar-refractivity contribution in [2.24, 2.45) is 10.4 Å². The number of allylic oxidation sites excluding steroid dienone is 3. The lowest BCUT2D eigenvalue weighted by atomic mass is 9.74. The highest BCUT2D eigenvalue weighted by Gasteiger charge is 2.38. The van der Waals surface area contributed by atoms with E-state index in [0.29, 0.717) is 13.2 Å². The minimum atomic E-state index is 0.106. The maximum atomic E-state index is 5.81. The third kappa shape index (κ3) is 3.52. The van der Waals surface area contributed by atoms with Crippen molar-refractivity contribution >= 4 is 23.2 Å². The maximum absolute atomic E-state index is 5.81. The third-order valence-electron chi connectivity index (χ3n) is 7.62. The molecule has 0 amide bonds. The van der Waals surface area contributed by atoms with Crippen LogP contribution in [0, 0.1) is 5.41 Å². The fraction of sp³-hybridized carbons (Fsp3) is 0.444. The Morgan fingerprint density at radius 1 is 0.970 bits per heavy atom. The molecule has 1 fully saturated rings. The van der Waals surface area contributed by atoms with Crippen molar-refractivity contribution in [2.45, 2.75) is 46.5 Å². The van der Waals surface area contributed by atoms with Gasteiger partial charge in [-0.25, -0.2) is 9.97 Å². The molecule has 1 aliphatic carbocycles. The summed E-state index contributed by atoms with van der Waals surface area (Å²) in [6.07, 6.45) is 7.99.